The molecule has 4 N–H and O–H groups in total. The topological polar surface area (TPSA) is 115 Å². The van der Waals surface area contributed by atoms with Gasteiger partial charge in [0.1, 0.15) is 0 Å². The van der Waals surface area contributed by atoms with Crippen LogP contribution in [-0.2, 0) is 9.36 Å². The fourth-order valence-corrected chi connectivity index (χ4v) is 0. The third-order valence-corrected chi connectivity index (χ3v) is 0. The predicted octanol–water partition coefficient (Wildman–Crippen LogP) is -9.64. The number of carboxylic acids is 1. The van der Waals surface area contributed by atoms with E-state index < -0.39 is 13.8 Å². The van der Waals surface area contributed by atoms with Crippen molar-refractivity contribution in [1.82, 2.24) is 0 Å². The van der Waals surface area contributed by atoms with Crippen molar-refractivity contribution >= 4 is 62.7 Å². The molecule has 0 radical (unpaired) electrons. The Bertz CT molecular complexity index is 141. The van der Waals surface area contributed by atoms with E-state index in [4.69, 9.17) is 29.1 Å². The second-order valence-corrected chi connectivity index (χ2v) is 2.06. The summed E-state index contributed by atoms with van der Waals surface area (Å²) in [5, 5.41) is 7.42. The largest absolute Gasteiger partial charge is 2.00 e. The first-order valence-electron chi connectivity index (χ1n) is 1.71. The maximum Gasteiger partial charge on any atom is 2.00 e. The van der Waals surface area contributed by atoms with Crippen LogP contribution in [0.2, 0.25) is 0 Å². The number of hydrogen-bond acceptors (Lipinski definition) is 2. The SMILES string of the molecule is CC(=O)O.O=P(O)(O)O.[Ba+2].[H-].[H-].[H-].[H-].[H-].[Na+].[Na+].[Na+]. The van der Waals surface area contributed by atoms with Crippen LogP contribution in [0.4, 0.5) is 0 Å². The summed E-state index contributed by atoms with van der Waals surface area (Å²) in [7, 11) is -4.64. The molecule has 0 aliphatic carbocycles. The van der Waals surface area contributed by atoms with Gasteiger partial charge in [-0.2, -0.15) is 0 Å². The summed E-state index contributed by atoms with van der Waals surface area (Å²) in [6.45, 7) is 1.08. The van der Waals surface area contributed by atoms with Crippen LogP contribution in [-0.4, -0.2) is 74.6 Å². The third kappa shape index (κ3) is 188. The summed E-state index contributed by atoms with van der Waals surface area (Å²) in [5.74, 6) is -0.833. The van der Waals surface area contributed by atoms with Gasteiger partial charge in [-0.1, -0.05) is 0 Å². The maximum absolute atomic E-state index is 9.00. The fourth-order valence-electron chi connectivity index (χ4n) is 0. The molecule has 66 valence electrons. The Hall–Kier alpha value is 4.15. The summed E-state index contributed by atoms with van der Waals surface area (Å²) < 4.78 is 8.88. The molecular formula is C2H12BaNa3O6P. The number of rotatable bonds is 0. The summed E-state index contributed by atoms with van der Waals surface area (Å²) in [5.41, 5.74) is 0. The van der Waals surface area contributed by atoms with Crippen molar-refractivity contribution in [2.75, 3.05) is 0 Å². The molecule has 13 heavy (non-hydrogen) atoms. The Morgan fingerprint density at radius 1 is 1.15 bits per heavy atom. The molecule has 0 heterocycles. The molecule has 0 aromatic heterocycles. The number of aliphatic carboxylic acids is 1. The molecule has 0 saturated carbocycles. The van der Waals surface area contributed by atoms with Crippen LogP contribution >= 0.6 is 7.82 Å². The number of hydrogen-bond donors (Lipinski definition) is 4. The Balaban J connectivity index is -0.00000000406. The summed E-state index contributed by atoms with van der Waals surface area (Å²) in [6, 6.07) is 0. The minimum atomic E-state index is -4.64. The zero-order valence-corrected chi connectivity index (χ0v) is 19.6. The smallest absolute Gasteiger partial charge is 1.00 e. The van der Waals surface area contributed by atoms with E-state index in [1.54, 1.807) is 0 Å². The standard InChI is InChI=1S/C2H4O2.Ba.3Na.H3O4P.5H/c1-2(3)4;;;;;1-5(2,3)4;;;;;/h1H3,(H,3,4);;;;;(H3,1,2,3,4);;;;;/q;+2;3*+1;;5*-1. The van der Waals surface area contributed by atoms with Crippen LogP contribution in [0.1, 0.15) is 14.1 Å². The average molecular weight is 369 g/mol. The molecule has 0 rings (SSSR count). The van der Waals surface area contributed by atoms with E-state index in [2.05, 4.69) is 0 Å². The average Bonchev–Trinajstić information content (AvgIpc) is 1.19. The molecule has 0 saturated heterocycles. The molecule has 11 heteroatoms. The van der Waals surface area contributed by atoms with Crippen molar-refractivity contribution in [2.24, 2.45) is 0 Å². The van der Waals surface area contributed by atoms with Gasteiger partial charge in [0, 0.05) is 6.92 Å². The summed E-state index contributed by atoms with van der Waals surface area (Å²) in [6.07, 6.45) is 0. The molecule has 0 spiro atoms. The van der Waals surface area contributed by atoms with Gasteiger partial charge in [0.2, 0.25) is 0 Å². The van der Waals surface area contributed by atoms with Gasteiger partial charge in [-0.25, -0.2) is 4.57 Å². The van der Waals surface area contributed by atoms with Crippen LogP contribution in [0.5, 0.6) is 0 Å². The Morgan fingerprint density at radius 2 is 1.15 bits per heavy atom. The van der Waals surface area contributed by atoms with Gasteiger partial charge in [0.25, 0.3) is 5.97 Å². The maximum atomic E-state index is 9.00. The van der Waals surface area contributed by atoms with E-state index in [1.807, 2.05) is 0 Å². The monoisotopic (exact) mass is 370 g/mol. The number of phosphoric acid groups is 1. The van der Waals surface area contributed by atoms with E-state index in [0.717, 1.165) is 6.92 Å². The molecule has 0 aliphatic rings. The molecule has 6 nitrogen and oxygen atoms in total. The summed E-state index contributed by atoms with van der Waals surface area (Å²) in [4.78, 5) is 30.6. The number of carboxylic acid groups (broad SMARTS) is 1. The van der Waals surface area contributed by atoms with E-state index in [-0.39, 0.29) is 145 Å². The van der Waals surface area contributed by atoms with Gasteiger partial charge in [-0.05, 0) is 0 Å². The molecule has 0 fully saturated rings. The van der Waals surface area contributed by atoms with E-state index >= 15 is 0 Å². The van der Waals surface area contributed by atoms with Crippen molar-refractivity contribution < 1.29 is 125 Å². The van der Waals surface area contributed by atoms with Crippen LogP contribution in [0.25, 0.3) is 0 Å². The molecule has 0 bridgehead atoms. The van der Waals surface area contributed by atoms with Crippen molar-refractivity contribution in [2.45, 2.75) is 6.92 Å². The quantitative estimate of drug-likeness (QED) is 0.249. The Kier molecular flexibility index (Phi) is 59.3. The Morgan fingerprint density at radius 3 is 1.15 bits per heavy atom. The first kappa shape index (κ1) is 36.0. The van der Waals surface area contributed by atoms with Crippen LogP contribution < -0.4 is 88.7 Å². The van der Waals surface area contributed by atoms with Gasteiger partial charge in [-0.3, -0.25) is 4.79 Å². The summed E-state index contributed by atoms with van der Waals surface area (Å²) >= 11 is 0. The molecule has 0 aliphatic heterocycles. The van der Waals surface area contributed by atoms with E-state index in [9.17, 15) is 0 Å². The van der Waals surface area contributed by atoms with Gasteiger partial charge in [0.15, 0.2) is 0 Å². The zero-order chi connectivity index (χ0) is 8.08. The van der Waals surface area contributed by atoms with E-state index in [0.29, 0.717) is 0 Å². The van der Waals surface area contributed by atoms with Gasteiger partial charge in [-0.15, -0.1) is 0 Å². The minimum Gasteiger partial charge on any atom is -1.00 e. The zero-order valence-electron chi connectivity index (χ0n) is 13.3. The second-order valence-electron chi connectivity index (χ2n) is 1.03. The predicted molar refractivity (Wildman–Crippen MR) is 38.9 cm³/mol. The second kappa shape index (κ2) is 21.4. The van der Waals surface area contributed by atoms with Crippen molar-refractivity contribution in [3.63, 3.8) is 0 Å². The van der Waals surface area contributed by atoms with Crippen molar-refractivity contribution in [1.29, 1.82) is 0 Å². The normalized spacial score (nSPS) is 6.46. The molecule has 0 aromatic rings. The minimum absolute atomic E-state index is 0. The third-order valence-electron chi connectivity index (χ3n) is 0. The van der Waals surface area contributed by atoms with Gasteiger partial charge in [0.05, 0.1) is 0 Å². The molecule has 0 unspecified atom stereocenters. The molecule has 0 atom stereocenters. The van der Waals surface area contributed by atoms with Crippen molar-refractivity contribution in [3.05, 3.63) is 0 Å². The van der Waals surface area contributed by atoms with Gasteiger partial charge >= 0.3 is 145 Å². The van der Waals surface area contributed by atoms with Crippen molar-refractivity contribution in [3.8, 4) is 0 Å². The van der Waals surface area contributed by atoms with Crippen LogP contribution in [0.15, 0.2) is 0 Å². The van der Waals surface area contributed by atoms with Gasteiger partial charge < -0.3 is 26.9 Å². The van der Waals surface area contributed by atoms with Crippen LogP contribution in [0, 0.1) is 0 Å². The molecular weight excluding hydrogens is 357 g/mol. The fraction of sp³-hybridized carbons (Fsp3) is 0.500. The first-order valence-corrected chi connectivity index (χ1v) is 3.28. The molecule has 0 aromatic carbocycles. The van der Waals surface area contributed by atoms with E-state index in [1.165, 1.54) is 0 Å². The first-order chi connectivity index (χ1) is 3.73. The Labute approximate surface area is 190 Å². The van der Waals surface area contributed by atoms with Crippen LogP contribution in [0.3, 0.4) is 0 Å². The molecule has 0 amide bonds. The number of carbonyl (C=O) groups is 1.